The summed E-state index contributed by atoms with van der Waals surface area (Å²) in [6.45, 7) is 1.31. The van der Waals surface area contributed by atoms with E-state index in [1.807, 2.05) is 42.5 Å². The number of carbonyl (C=O) groups is 2. The number of amides is 1. The lowest BCUT2D eigenvalue weighted by atomic mass is 10.1. The molecule has 1 aliphatic rings. The molecule has 3 aromatic rings. The highest BCUT2D eigenvalue weighted by Gasteiger charge is 2.35. The van der Waals surface area contributed by atoms with Crippen molar-refractivity contribution in [3.8, 4) is 11.5 Å². The zero-order chi connectivity index (χ0) is 19.5. The van der Waals surface area contributed by atoms with Crippen molar-refractivity contribution in [3.63, 3.8) is 0 Å². The number of fused-ring (bicyclic) bond motifs is 2. The quantitative estimate of drug-likeness (QED) is 0.704. The Bertz CT molecular complexity index is 1030. The van der Waals surface area contributed by atoms with Gasteiger partial charge < -0.3 is 19.5 Å². The lowest BCUT2D eigenvalue weighted by Crippen LogP contribution is -2.45. The molecule has 28 heavy (non-hydrogen) atoms. The SMILES string of the molecule is CC1Oc2ccccc2OC1C(=O)OCC(=O)Nc1cccc2ccccc12. The van der Waals surface area contributed by atoms with Crippen LogP contribution in [0.25, 0.3) is 10.8 Å². The van der Waals surface area contributed by atoms with E-state index in [2.05, 4.69) is 5.32 Å². The predicted molar refractivity (Wildman–Crippen MR) is 104 cm³/mol. The summed E-state index contributed by atoms with van der Waals surface area (Å²) < 4.78 is 16.5. The molecule has 1 amide bonds. The average Bonchev–Trinajstić information content (AvgIpc) is 2.72. The first kappa shape index (κ1) is 17.9. The largest absolute Gasteiger partial charge is 0.482 e. The van der Waals surface area contributed by atoms with Crippen LogP contribution in [-0.2, 0) is 14.3 Å². The first-order valence-electron chi connectivity index (χ1n) is 8.98. The summed E-state index contributed by atoms with van der Waals surface area (Å²) in [4.78, 5) is 24.6. The first-order valence-corrected chi connectivity index (χ1v) is 8.98. The Labute approximate surface area is 162 Å². The zero-order valence-corrected chi connectivity index (χ0v) is 15.3. The molecular formula is C22H19NO5. The van der Waals surface area contributed by atoms with Gasteiger partial charge >= 0.3 is 5.97 Å². The molecule has 1 N–H and O–H groups in total. The summed E-state index contributed by atoms with van der Waals surface area (Å²) in [5, 5.41) is 4.71. The minimum absolute atomic E-state index is 0.406. The van der Waals surface area contributed by atoms with Crippen LogP contribution in [0, 0.1) is 0 Å². The van der Waals surface area contributed by atoms with Gasteiger partial charge in [0, 0.05) is 11.1 Å². The summed E-state index contributed by atoms with van der Waals surface area (Å²) >= 11 is 0. The fourth-order valence-electron chi connectivity index (χ4n) is 3.12. The van der Waals surface area contributed by atoms with Gasteiger partial charge in [-0.2, -0.15) is 0 Å². The van der Waals surface area contributed by atoms with Crippen LogP contribution in [-0.4, -0.2) is 30.7 Å². The van der Waals surface area contributed by atoms with Crippen molar-refractivity contribution in [2.24, 2.45) is 0 Å². The van der Waals surface area contributed by atoms with Gasteiger partial charge in [-0.05, 0) is 30.5 Å². The highest BCUT2D eigenvalue weighted by molar-refractivity contribution is 6.02. The summed E-state index contributed by atoms with van der Waals surface area (Å²) in [6, 6.07) is 20.4. The number of carbonyl (C=O) groups excluding carboxylic acids is 2. The smallest absolute Gasteiger partial charge is 0.351 e. The van der Waals surface area contributed by atoms with Crippen LogP contribution in [0.3, 0.4) is 0 Å². The second-order valence-corrected chi connectivity index (χ2v) is 6.49. The van der Waals surface area contributed by atoms with E-state index in [9.17, 15) is 9.59 Å². The maximum Gasteiger partial charge on any atom is 0.351 e. The molecule has 2 unspecified atom stereocenters. The molecule has 0 radical (unpaired) electrons. The summed E-state index contributed by atoms with van der Waals surface area (Å²) in [6.07, 6.45) is -1.45. The predicted octanol–water partition coefficient (Wildman–Crippen LogP) is 3.55. The summed E-state index contributed by atoms with van der Waals surface area (Å²) in [7, 11) is 0. The van der Waals surface area contributed by atoms with Crippen LogP contribution in [0.15, 0.2) is 66.7 Å². The van der Waals surface area contributed by atoms with Crippen LogP contribution < -0.4 is 14.8 Å². The molecule has 0 aromatic heterocycles. The van der Waals surface area contributed by atoms with Crippen LogP contribution in [0.1, 0.15) is 6.92 Å². The van der Waals surface area contributed by atoms with Gasteiger partial charge in [0.1, 0.15) is 6.10 Å². The maximum absolute atomic E-state index is 12.4. The van der Waals surface area contributed by atoms with Crippen LogP contribution in [0.5, 0.6) is 11.5 Å². The van der Waals surface area contributed by atoms with Gasteiger partial charge in [-0.15, -0.1) is 0 Å². The van der Waals surface area contributed by atoms with Crippen molar-refractivity contribution in [2.45, 2.75) is 19.1 Å². The third-order valence-corrected chi connectivity index (χ3v) is 4.48. The molecule has 4 rings (SSSR count). The number of rotatable bonds is 4. The van der Waals surface area contributed by atoms with E-state index in [-0.39, 0.29) is 0 Å². The number of hydrogen-bond donors (Lipinski definition) is 1. The molecule has 142 valence electrons. The molecule has 6 heteroatoms. The van der Waals surface area contributed by atoms with Crippen LogP contribution in [0.2, 0.25) is 0 Å². The van der Waals surface area contributed by atoms with Gasteiger partial charge in [0.25, 0.3) is 5.91 Å². The van der Waals surface area contributed by atoms with Crippen molar-refractivity contribution < 1.29 is 23.8 Å². The van der Waals surface area contributed by atoms with E-state index < -0.39 is 30.7 Å². The highest BCUT2D eigenvalue weighted by atomic mass is 16.6. The number of esters is 1. The minimum Gasteiger partial charge on any atom is -0.482 e. The van der Waals surface area contributed by atoms with E-state index in [1.54, 1.807) is 31.2 Å². The van der Waals surface area contributed by atoms with E-state index in [0.717, 1.165) is 10.8 Å². The van der Waals surface area contributed by atoms with E-state index >= 15 is 0 Å². The molecule has 0 bridgehead atoms. The molecule has 2 atom stereocenters. The molecule has 0 saturated carbocycles. The van der Waals surface area contributed by atoms with Gasteiger partial charge in [0.15, 0.2) is 18.1 Å². The molecule has 3 aromatic carbocycles. The Balaban J connectivity index is 1.38. The number of anilines is 1. The molecular weight excluding hydrogens is 358 g/mol. The molecule has 1 heterocycles. The summed E-state index contributed by atoms with van der Waals surface area (Å²) in [5.41, 5.74) is 0.665. The van der Waals surface area contributed by atoms with Crippen molar-refractivity contribution in [1.29, 1.82) is 0 Å². The standard InChI is InChI=1S/C22H19NO5/c1-14-21(28-19-12-5-4-11-18(19)27-14)22(25)26-13-20(24)23-17-10-6-8-15-7-2-3-9-16(15)17/h2-12,14,21H,13H2,1H3,(H,23,24). The van der Waals surface area contributed by atoms with Crippen molar-refractivity contribution in [3.05, 3.63) is 66.7 Å². The van der Waals surface area contributed by atoms with Crippen molar-refractivity contribution in [2.75, 3.05) is 11.9 Å². The van der Waals surface area contributed by atoms with Crippen molar-refractivity contribution >= 4 is 28.3 Å². The monoisotopic (exact) mass is 377 g/mol. The van der Waals surface area contributed by atoms with Gasteiger partial charge in [0.05, 0.1) is 0 Å². The molecule has 1 aliphatic heterocycles. The Morgan fingerprint density at radius 2 is 1.61 bits per heavy atom. The van der Waals surface area contributed by atoms with E-state index in [1.165, 1.54) is 0 Å². The fourth-order valence-corrected chi connectivity index (χ4v) is 3.12. The molecule has 0 saturated heterocycles. The molecule has 0 fully saturated rings. The molecule has 0 aliphatic carbocycles. The maximum atomic E-state index is 12.4. The van der Waals surface area contributed by atoms with Crippen LogP contribution >= 0.6 is 0 Å². The average molecular weight is 377 g/mol. The second kappa shape index (κ2) is 7.60. The Hall–Kier alpha value is -3.54. The highest BCUT2D eigenvalue weighted by Crippen LogP contribution is 2.33. The topological polar surface area (TPSA) is 73.9 Å². The number of ether oxygens (including phenoxy) is 3. The normalized spacial score (nSPS) is 17.8. The third kappa shape index (κ3) is 3.62. The van der Waals surface area contributed by atoms with Crippen LogP contribution in [0.4, 0.5) is 5.69 Å². The lowest BCUT2D eigenvalue weighted by molar-refractivity contribution is -0.159. The molecule has 6 nitrogen and oxygen atoms in total. The summed E-state index contributed by atoms with van der Waals surface area (Å²) in [5.74, 6) is -0.0138. The van der Waals surface area contributed by atoms with E-state index in [0.29, 0.717) is 17.2 Å². The Morgan fingerprint density at radius 1 is 0.929 bits per heavy atom. The van der Waals surface area contributed by atoms with Gasteiger partial charge in [-0.3, -0.25) is 4.79 Å². The number of hydrogen-bond acceptors (Lipinski definition) is 5. The Morgan fingerprint density at radius 3 is 2.43 bits per heavy atom. The van der Waals surface area contributed by atoms with Gasteiger partial charge in [-0.25, -0.2) is 4.79 Å². The number of nitrogens with one attached hydrogen (secondary N) is 1. The minimum atomic E-state index is -0.930. The number of para-hydroxylation sites is 2. The number of benzene rings is 3. The lowest BCUT2D eigenvalue weighted by Gasteiger charge is -2.30. The first-order chi connectivity index (χ1) is 13.6. The van der Waals surface area contributed by atoms with Gasteiger partial charge in [-0.1, -0.05) is 48.5 Å². The van der Waals surface area contributed by atoms with E-state index in [4.69, 9.17) is 14.2 Å². The zero-order valence-electron chi connectivity index (χ0n) is 15.3. The third-order valence-electron chi connectivity index (χ3n) is 4.48. The van der Waals surface area contributed by atoms with Gasteiger partial charge in [0.2, 0.25) is 6.10 Å². The second-order valence-electron chi connectivity index (χ2n) is 6.49. The molecule has 0 spiro atoms. The fraction of sp³-hybridized carbons (Fsp3) is 0.182. The Kier molecular flexibility index (Phi) is 4.85. The van der Waals surface area contributed by atoms with Crippen molar-refractivity contribution in [1.82, 2.24) is 0 Å².